The average Bonchev–Trinajstić information content (AvgIpc) is 3.11. The highest BCUT2D eigenvalue weighted by atomic mass is 32.2. The predicted molar refractivity (Wildman–Crippen MR) is 117 cm³/mol. The third-order valence-corrected chi connectivity index (χ3v) is 5.69. The largest absolute Gasteiger partial charge is 0.448 e. The summed E-state index contributed by atoms with van der Waals surface area (Å²) >= 11 is 1.25. The van der Waals surface area contributed by atoms with Crippen LogP contribution in [-0.2, 0) is 17.8 Å². The Bertz CT molecular complexity index is 1260. The lowest BCUT2D eigenvalue weighted by atomic mass is 10.1. The van der Waals surface area contributed by atoms with Crippen molar-refractivity contribution in [3.63, 3.8) is 0 Å². The molecule has 1 amide bonds. The van der Waals surface area contributed by atoms with Gasteiger partial charge in [0.1, 0.15) is 11.1 Å². The summed E-state index contributed by atoms with van der Waals surface area (Å²) < 4.78 is 7.26. The molecule has 2 aromatic heterocycles. The highest BCUT2D eigenvalue weighted by Crippen LogP contribution is 2.27. The summed E-state index contributed by atoms with van der Waals surface area (Å²) in [6, 6.07) is 15.2. The van der Waals surface area contributed by atoms with Crippen LogP contribution in [0.1, 0.15) is 19.4 Å². The second kappa shape index (κ2) is 8.13. The molecule has 0 aliphatic carbocycles. The first-order valence-corrected chi connectivity index (χ1v) is 10.5. The normalized spacial score (nSPS) is 11.2. The third kappa shape index (κ3) is 3.78. The van der Waals surface area contributed by atoms with E-state index in [0.717, 1.165) is 23.1 Å². The minimum Gasteiger partial charge on any atom is -0.448 e. The molecule has 148 valence electrons. The summed E-state index contributed by atoms with van der Waals surface area (Å²) in [5.41, 5.74) is 3.12. The van der Waals surface area contributed by atoms with Crippen molar-refractivity contribution in [2.24, 2.45) is 0 Å². The quantitative estimate of drug-likeness (QED) is 0.377. The molecule has 0 radical (unpaired) electrons. The molecule has 0 bridgehead atoms. The lowest BCUT2D eigenvalue weighted by Gasteiger charge is -2.10. The van der Waals surface area contributed by atoms with E-state index in [-0.39, 0.29) is 22.8 Å². The molecule has 1 N–H and O–H groups in total. The molecule has 6 nitrogen and oxygen atoms in total. The standard InChI is InChI=1S/C22H21N3O3S/c1-3-14-8-7-9-15(12-14)23-18(26)13-29-22-24-19-16-10-5-6-11-17(16)28-20(19)21(27)25(22)4-2/h5-12H,3-4,13H2,1-2H3,(H,23,26). The van der Waals surface area contributed by atoms with Gasteiger partial charge in [-0.25, -0.2) is 4.98 Å². The molecule has 0 unspecified atom stereocenters. The van der Waals surface area contributed by atoms with E-state index >= 15 is 0 Å². The lowest BCUT2D eigenvalue weighted by molar-refractivity contribution is -0.113. The number of hydrogen-bond donors (Lipinski definition) is 1. The molecular formula is C22H21N3O3S. The van der Waals surface area contributed by atoms with Gasteiger partial charge in [-0.1, -0.05) is 43.0 Å². The molecule has 7 heteroatoms. The number of furan rings is 1. The zero-order chi connectivity index (χ0) is 20.4. The van der Waals surface area contributed by atoms with E-state index in [1.54, 1.807) is 4.57 Å². The van der Waals surface area contributed by atoms with Crippen LogP contribution in [0.4, 0.5) is 5.69 Å². The number of thioether (sulfide) groups is 1. The van der Waals surface area contributed by atoms with Gasteiger partial charge in [0.05, 0.1) is 5.75 Å². The average molecular weight is 407 g/mol. The zero-order valence-electron chi connectivity index (χ0n) is 16.3. The second-order valence-corrected chi connectivity index (χ2v) is 7.55. The number of hydrogen-bond acceptors (Lipinski definition) is 5. The van der Waals surface area contributed by atoms with E-state index in [1.165, 1.54) is 11.8 Å². The van der Waals surface area contributed by atoms with Crippen LogP contribution in [0.3, 0.4) is 0 Å². The summed E-state index contributed by atoms with van der Waals surface area (Å²) in [4.78, 5) is 30.0. The van der Waals surface area contributed by atoms with Gasteiger partial charge in [0, 0.05) is 17.6 Å². The second-order valence-electron chi connectivity index (χ2n) is 6.61. The maximum atomic E-state index is 12.9. The van der Waals surface area contributed by atoms with Crippen LogP contribution in [0, 0.1) is 0 Å². The van der Waals surface area contributed by atoms with Crippen molar-refractivity contribution in [3.05, 3.63) is 64.4 Å². The van der Waals surface area contributed by atoms with Gasteiger partial charge in [-0.2, -0.15) is 0 Å². The Morgan fingerprint density at radius 1 is 1.17 bits per heavy atom. The molecule has 2 heterocycles. The van der Waals surface area contributed by atoms with Gasteiger partial charge in [-0.3, -0.25) is 14.2 Å². The first kappa shape index (κ1) is 19.3. The number of benzene rings is 2. The summed E-state index contributed by atoms with van der Waals surface area (Å²) in [5, 5.41) is 4.21. The van der Waals surface area contributed by atoms with E-state index < -0.39 is 0 Å². The number of carbonyl (C=O) groups is 1. The minimum atomic E-state index is -0.229. The van der Waals surface area contributed by atoms with Crippen LogP contribution in [0.5, 0.6) is 0 Å². The number of fused-ring (bicyclic) bond motifs is 3. The molecule has 0 fully saturated rings. The van der Waals surface area contributed by atoms with Crippen molar-refractivity contribution < 1.29 is 9.21 Å². The molecule has 4 aromatic rings. The van der Waals surface area contributed by atoms with Crippen molar-refractivity contribution in [3.8, 4) is 0 Å². The molecule has 0 spiro atoms. The number of amides is 1. The highest BCUT2D eigenvalue weighted by Gasteiger charge is 2.17. The van der Waals surface area contributed by atoms with Crippen LogP contribution in [0.2, 0.25) is 0 Å². The molecule has 29 heavy (non-hydrogen) atoms. The number of para-hydroxylation sites is 1. The van der Waals surface area contributed by atoms with Crippen molar-refractivity contribution in [2.45, 2.75) is 32.0 Å². The van der Waals surface area contributed by atoms with Crippen molar-refractivity contribution in [1.82, 2.24) is 9.55 Å². The van der Waals surface area contributed by atoms with Crippen molar-refractivity contribution >= 4 is 45.4 Å². The van der Waals surface area contributed by atoms with Gasteiger partial charge in [-0.15, -0.1) is 0 Å². The number of aromatic nitrogens is 2. The third-order valence-electron chi connectivity index (χ3n) is 4.71. The van der Waals surface area contributed by atoms with Crippen molar-refractivity contribution in [1.29, 1.82) is 0 Å². The van der Waals surface area contributed by atoms with E-state index in [1.807, 2.05) is 55.5 Å². The fourth-order valence-corrected chi connectivity index (χ4v) is 4.09. The van der Waals surface area contributed by atoms with Gasteiger partial charge in [-0.05, 0) is 43.2 Å². The summed E-state index contributed by atoms with van der Waals surface area (Å²) in [6.45, 7) is 4.39. The Balaban J connectivity index is 1.60. The molecule has 4 rings (SSSR count). The fourth-order valence-electron chi connectivity index (χ4n) is 3.24. The Morgan fingerprint density at radius 2 is 2.00 bits per heavy atom. The number of nitrogens with zero attached hydrogens (tertiary/aromatic N) is 2. The molecule has 2 aromatic carbocycles. The summed E-state index contributed by atoms with van der Waals surface area (Å²) in [5.74, 6) is 0.0154. The van der Waals surface area contributed by atoms with Gasteiger partial charge >= 0.3 is 0 Å². The summed E-state index contributed by atoms with van der Waals surface area (Å²) in [6.07, 6.45) is 0.907. The van der Waals surface area contributed by atoms with Gasteiger partial charge in [0.2, 0.25) is 11.5 Å². The van der Waals surface area contributed by atoms with Crippen LogP contribution >= 0.6 is 11.8 Å². The van der Waals surface area contributed by atoms with E-state index in [4.69, 9.17) is 4.42 Å². The maximum absolute atomic E-state index is 12.9. The molecule has 0 saturated carbocycles. The predicted octanol–water partition coefficient (Wildman–Crippen LogP) is 4.46. The van der Waals surface area contributed by atoms with Crippen LogP contribution in [0.15, 0.2) is 62.9 Å². The lowest BCUT2D eigenvalue weighted by Crippen LogP contribution is -2.23. The topological polar surface area (TPSA) is 77.1 Å². The Labute approximate surface area is 171 Å². The zero-order valence-corrected chi connectivity index (χ0v) is 17.1. The first-order valence-electron chi connectivity index (χ1n) is 9.54. The molecule has 0 atom stereocenters. The van der Waals surface area contributed by atoms with Gasteiger partial charge in [0.25, 0.3) is 5.56 Å². The Kier molecular flexibility index (Phi) is 5.40. The molecule has 0 aliphatic heterocycles. The number of nitrogens with one attached hydrogen (secondary N) is 1. The smallest absolute Gasteiger partial charge is 0.297 e. The number of carbonyl (C=O) groups excluding carboxylic acids is 1. The number of rotatable bonds is 6. The molecule has 0 saturated heterocycles. The fraction of sp³-hybridized carbons (Fsp3) is 0.227. The van der Waals surface area contributed by atoms with Crippen LogP contribution < -0.4 is 10.9 Å². The van der Waals surface area contributed by atoms with Crippen molar-refractivity contribution in [2.75, 3.05) is 11.1 Å². The van der Waals surface area contributed by atoms with E-state index in [9.17, 15) is 9.59 Å². The van der Waals surface area contributed by atoms with Gasteiger partial charge < -0.3 is 9.73 Å². The highest BCUT2D eigenvalue weighted by molar-refractivity contribution is 7.99. The number of aryl methyl sites for hydroxylation is 1. The van der Waals surface area contributed by atoms with Crippen LogP contribution in [0.25, 0.3) is 22.1 Å². The molecular weight excluding hydrogens is 386 g/mol. The Hall–Kier alpha value is -3.06. The SMILES string of the molecule is CCc1cccc(NC(=O)CSc2nc3c(oc4ccccc43)c(=O)n2CC)c1. The van der Waals surface area contributed by atoms with E-state index in [2.05, 4.69) is 17.2 Å². The van der Waals surface area contributed by atoms with Crippen LogP contribution in [-0.4, -0.2) is 21.2 Å². The summed E-state index contributed by atoms with van der Waals surface area (Å²) in [7, 11) is 0. The number of anilines is 1. The monoisotopic (exact) mass is 407 g/mol. The molecule has 0 aliphatic rings. The first-order chi connectivity index (χ1) is 14.1. The minimum absolute atomic E-state index is 0.141. The Morgan fingerprint density at radius 3 is 2.79 bits per heavy atom. The van der Waals surface area contributed by atoms with Gasteiger partial charge in [0.15, 0.2) is 5.16 Å². The van der Waals surface area contributed by atoms with E-state index in [0.29, 0.717) is 22.8 Å². The maximum Gasteiger partial charge on any atom is 0.297 e.